The summed E-state index contributed by atoms with van der Waals surface area (Å²) >= 11 is 7.84. The van der Waals surface area contributed by atoms with Crippen LogP contribution in [0.2, 0.25) is 5.02 Å². The SMILES string of the molecule is Cc1c(C#Cc2cnn(CCN3CCC(Oc4cccc5c4CN(C4CCC(=O)NC4O)C5=O)CC3)c2)sc2c1C(c1ccc(Cl)cc1)=NCc1nnc(C)n1-2. The molecule has 2 amide bonds. The van der Waals surface area contributed by atoms with E-state index in [0.717, 1.165) is 99.8 Å². The van der Waals surface area contributed by atoms with Crippen LogP contribution in [0.5, 0.6) is 5.75 Å². The third kappa shape index (κ3) is 6.89. The molecule has 2 atom stereocenters. The molecule has 0 radical (unpaired) electrons. The minimum atomic E-state index is -1.07. The van der Waals surface area contributed by atoms with Crippen molar-refractivity contribution < 1.29 is 19.4 Å². The molecule has 2 saturated heterocycles. The first-order chi connectivity index (χ1) is 27.2. The maximum Gasteiger partial charge on any atom is 0.255 e. The van der Waals surface area contributed by atoms with Crippen molar-refractivity contribution >= 4 is 40.5 Å². The number of rotatable bonds is 7. The molecule has 4 aliphatic heterocycles. The molecule has 2 aromatic carbocycles. The minimum absolute atomic E-state index is 0.0397. The van der Waals surface area contributed by atoms with Gasteiger partial charge in [-0.25, -0.2) is 0 Å². The van der Waals surface area contributed by atoms with Crippen LogP contribution in [-0.4, -0.2) is 95.0 Å². The molecule has 0 aliphatic carbocycles. The van der Waals surface area contributed by atoms with Gasteiger partial charge in [0.1, 0.15) is 35.5 Å². The Hall–Kier alpha value is -5.33. The fourth-order valence-electron chi connectivity index (χ4n) is 8.05. The quantitative estimate of drug-likeness (QED) is 0.227. The fraction of sp³-hybridized carbons (Fsp3) is 0.366. The number of carbonyl (C=O) groups is 2. The van der Waals surface area contributed by atoms with Crippen molar-refractivity contribution in [1.29, 1.82) is 0 Å². The zero-order valence-corrected chi connectivity index (χ0v) is 32.6. The van der Waals surface area contributed by atoms with E-state index in [1.807, 2.05) is 66.5 Å². The van der Waals surface area contributed by atoms with E-state index in [1.54, 1.807) is 16.2 Å². The van der Waals surface area contributed by atoms with Gasteiger partial charge in [-0.1, -0.05) is 41.6 Å². The van der Waals surface area contributed by atoms with Crippen molar-refractivity contribution in [2.24, 2.45) is 4.99 Å². The average molecular weight is 790 g/mol. The largest absolute Gasteiger partial charge is 0.490 e. The summed E-state index contributed by atoms with van der Waals surface area (Å²) in [6.45, 7) is 8.23. The van der Waals surface area contributed by atoms with E-state index in [1.165, 1.54) is 0 Å². The van der Waals surface area contributed by atoms with Crippen LogP contribution >= 0.6 is 22.9 Å². The van der Waals surface area contributed by atoms with E-state index >= 15 is 0 Å². The summed E-state index contributed by atoms with van der Waals surface area (Å²) in [5.74, 6) is 8.77. The van der Waals surface area contributed by atoms with Crippen LogP contribution in [0.3, 0.4) is 0 Å². The smallest absolute Gasteiger partial charge is 0.255 e. The molecule has 0 saturated carbocycles. The second-order valence-electron chi connectivity index (χ2n) is 14.6. The third-order valence-electron chi connectivity index (χ3n) is 11.1. The Bertz CT molecular complexity index is 2430. The van der Waals surface area contributed by atoms with Gasteiger partial charge in [-0.2, -0.15) is 5.10 Å². The lowest BCUT2D eigenvalue weighted by Gasteiger charge is -2.35. The molecule has 5 aromatic rings. The Labute approximate surface area is 333 Å². The molecule has 56 heavy (non-hydrogen) atoms. The molecule has 286 valence electrons. The molecule has 2 fully saturated rings. The molecule has 13 nitrogen and oxygen atoms in total. The lowest BCUT2D eigenvalue weighted by atomic mass is 10.00. The van der Waals surface area contributed by atoms with Crippen molar-refractivity contribution in [2.75, 3.05) is 19.6 Å². The number of aromatic nitrogens is 5. The van der Waals surface area contributed by atoms with Gasteiger partial charge in [-0.15, -0.1) is 21.5 Å². The number of fused-ring (bicyclic) bond motifs is 4. The second-order valence-corrected chi connectivity index (χ2v) is 16.1. The van der Waals surface area contributed by atoms with Crippen molar-refractivity contribution in [2.45, 2.75) is 77.5 Å². The zero-order valence-electron chi connectivity index (χ0n) is 31.0. The number of amides is 2. The molecule has 2 N–H and O–H groups in total. The molecule has 2 unspecified atom stereocenters. The van der Waals surface area contributed by atoms with Crippen molar-refractivity contribution in [3.8, 4) is 22.6 Å². The highest BCUT2D eigenvalue weighted by atomic mass is 35.5. The minimum Gasteiger partial charge on any atom is -0.490 e. The molecule has 9 rings (SSSR count). The Morgan fingerprint density at radius 1 is 1.04 bits per heavy atom. The highest BCUT2D eigenvalue weighted by Gasteiger charge is 2.40. The number of aliphatic hydroxyl groups excluding tert-OH is 1. The number of hydrogen-bond acceptors (Lipinski definition) is 10. The van der Waals surface area contributed by atoms with E-state index in [2.05, 4.69) is 48.8 Å². The van der Waals surface area contributed by atoms with Crippen LogP contribution in [-0.2, 0) is 24.4 Å². The lowest BCUT2D eigenvalue weighted by molar-refractivity contribution is -0.129. The summed E-state index contributed by atoms with van der Waals surface area (Å²) < 4.78 is 10.6. The van der Waals surface area contributed by atoms with Crippen LogP contribution in [0.15, 0.2) is 59.9 Å². The molecule has 0 spiro atoms. The number of likely N-dealkylation sites (tertiary alicyclic amines) is 1. The number of halogens is 1. The number of aliphatic hydroxyl groups is 1. The van der Waals surface area contributed by atoms with E-state index in [9.17, 15) is 14.7 Å². The standard InChI is InChI=1S/C41H40ClN9O4S/c1-24-34(56-41-37(24)38(27-7-9-28(42)10-8-27)43-21-35-47-46-25(2)51(35)41)12-6-26-20-44-49(22-26)19-18-48-16-14-29(15-17-48)55-33-5-3-4-30-31(33)23-50(40(30)54)32-11-13-36(52)45-39(32)53/h3-5,7-10,20,22,29,32,39,53H,11,13-19,21,23H2,1-2H3,(H,45,52). The summed E-state index contributed by atoms with van der Waals surface area (Å²) in [5.41, 5.74) is 6.29. The summed E-state index contributed by atoms with van der Waals surface area (Å²) in [5, 5.41) is 28.1. The molecule has 7 heterocycles. The van der Waals surface area contributed by atoms with Gasteiger partial charge in [0.05, 0.1) is 41.5 Å². The Kier molecular flexibility index (Phi) is 9.70. The third-order valence-corrected chi connectivity index (χ3v) is 12.5. The number of hydrogen-bond donors (Lipinski definition) is 2. The molecular formula is C41H40ClN9O4S. The molecule has 3 aromatic heterocycles. The highest BCUT2D eigenvalue weighted by molar-refractivity contribution is 7.15. The number of carbonyl (C=O) groups excluding carboxylic acids is 2. The number of piperidine rings is 2. The number of thiophene rings is 1. The van der Waals surface area contributed by atoms with Gasteiger partial charge in [0.25, 0.3) is 5.91 Å². The van der Waals surface area contributed by atoms with Gasteiger partial charge < -0.3 is 25.0 Å². The van der Waals surface area contributed by atoms with Crippen LogP contribution in [0.1, 0.15) is 80.4 Å². The van der Waals surface area contributed by atoms with Crippen molar-refractivity contribution in [3.05, 3.63) is 110 Å². The number of benzene rings is 2. The fourth-order valence-corrected chi connectivity index (χ4v) is 9.41. The van der Waals surface area contributed by atoms with E-state index in [0.29, 0.717) is 30.1 Å². The van der Waals surface area contributed by atoms with Crippen LogP contribution in [0, 0.1) is 25.7 Å². The molecule has 4 aliphatic rings. The number of aliphatic imine (C=N–C) groups is 1. The maximum atomic E-state index is 13.3. The van der Waals surface area contributed by atoms with Crippen LogP contribution in [0.25, 0.3) is 5.00 Å². The zero-order chi connectivity index (χ0) is 38.5. The van der Waals surface area contributed by atoms with Crippen LogP contribution in [0.4, 0.5) is 0 Å². The Balaban J connectivity index is 0.820. The predicted octanol–water partition coefficient (Wildman–Crippen LogP) is 4.64. The summed E-state index contributed by atoms with van der Waals surface area (Å²) in [6.07, 6.45) is 5.24. The van der Waals surface area contributed by atoms with Gasteiger partial charge in [-0.3, -0.25) is 23.8 Å². The summed E-state index contributed by atoms with van der Waals surface area (Å²) in [4.78, 5) is 35.0. The topological polar surface area (TPSA) is 143 Å². The molecule has 15 heteroatoms. The van der Waals surface area contributed by atoms with Gasteiger partial charge in [0, 0.05) is 59.5 Å². The van der Waals surface area contributed by atoms with Crippen LogP contribution < -0.4 is 10.1 Å². The highest BCUT2D eigenvalue weighted by Crippen LogP contribution is 2.37. The summed E-state index contributed by atoms with van der Waals surface area (Å²) in [6, 6.07) is 12.9. The van der Waals surface area contributed by atoms with Crippen molar-refractivity contribution in [1.82, 2.24) is 39.7 Å². The van der Waals surface area contributed by atoms with Gasteiger partial charge >= 0.3 is 0 Å². The van der Waals surface area contributed by atoms with Gasteiger partial charge in [0.2, 0.25) is 5.91 Å². The average Bonchev–Trinajstić information content (AvgIpc) is 3.94. The normalized spacial score (nSPS) is 19.7. The molecule has 0 bridgehead atoms. The van der Waals surface area contributed by atoms with Gasteiger partial charge in [-0.05, 0) is 62.9 Å². The number of nitrogens with zero attached hydrogens (tertiary/aromatic N) is 8. The maximum absolute atomic E-state index is 13.3. The van der Waals surface area contributed by atoms with Crippen molar-refractivity contribution in [3.63, 3.8) is 0 Å². The van der Waals surface area contributed by atoms with E-state index < -0.39 is 12.3 Å². The number of ether oxygens (including phenoxy) is 1. The second kappa shape index (κ2) is 15.0. The first-order valence-corrected chi connectivity index (χ1v) is 20.1. The number of nitrogens with one attached hydrogen (secondary N) is 1. The van der Waals surface area contributed by atoms with E-state index in [4.69, 9.17) is 21.3 Å². The Morgan fingerprint density at radius 3 is 2.66 bits per heavy atom. The van der Waals surface area contributed by atoms with Gasteiger partial charge in [0.15, 0.2) is 5.82 Å². The summed E-state index contributed by atoms with van der Waals surface area (Å²) in [7, 11) is 0. The molecular weight excluding hydrogens is 750 g/mol. The number of aryl methyl sites for hydroxylation is 1. The van der Waals surface area contributed by atoms with E-state index in [-0.39, 0.29) is 24.3 Å². The predicted molar refractivity (Wildman–Crippen MR) is 211 cm³/mol. The lowest BCUT2D eigenvalue weighted by Crippen LogP contribution is -2.55. The first-order valence-electron chi connectivity index (χ1n) is 18.9. The Morgan fingerprint density at radius 2 is 1.86 bits per heavy atom. The first kappa shape index (κ1) is 36.3. The monoisotopic (exact) mass is 789 g/mol.